The van der Waals surface area contributed by atoms with Crippen LogP contribution in [-0.4, -0.2) is 121 Å². The van der Waals surface area contributed by atoms with Crippen LogP contribution in [0.2, 0.25) is 0 Å². The van der Waals surface area contributed by atoms with Gasteiger partial charge in [-0.1, -0.05) is 93.9 Å². The quantitative estimate of drug-likeness (QED) is 0.0314. The summed E-state index contributed by atoms with van der Waals surface area (Å²) in [7, 11) is 4.52. The molecule has 1 aromatic carbocycles. The molecule has 0 bridgehead atoms. The second-order valence-electron chi connectivity index (χ2n) is 18.5. The first-order valence-electron chi connectivity index (χ1n) is 23.6. The van der Waals surface area contributed by atoms with Crippen molar-refractivity contribution in [1.29, 1.82) is 0 Å². The van der Waals surface area contributed by atoms with Crippen LogP contribution in [0.15, 0.2) is 36.9 Å². The molecule has 0 saturated heterocycles. The Bertz CT molecular complexity index is 1830. The largest absolute Gasteiger partial charge is 0.445 e. The Kier molecular flexibility index (Phi) is 26.5. The first-order valence-corrected chi connectivity index (χ1v) is 23.6. The van der Waals surface area contributed by atoms with E-state index in [1.807, 2.05) is 20.8 Å². The highest BCUT2D eigenvalue weighted by Crippen LogP contribution is 2.24. The van der Waals surface area contributed by atoms with E-state index in [-0.39, 0.29) is 67.4 Å². The van der Waals surface area contributed by atoms with Gasteiger partial charge in [0.05, 0.1) is 18.6 Å². The third kappa shape index (κ3) is 19.1. The van der Waals surface area contributed by atoms with E-state index in [1.54, 1.807) is 85.9 Å². The van der Waals surface area contributed by atoms with E-state index in [2.05, 4.69) is 38.7 Å². The molecule has 384 valence electrons. The molecular formula is C48H82N10O10. The molecule has 0 aromatic heterocycles. The van der Waals surface area contributed by atoms with E-state index in [0.717, 1.165) is 0 Å². The van der Waals surface area contributed by atoms with Gasteiger partial charge in [-0.05, 0) is 66.5 Å². The number of likely N-dealkylation sites (N-methyl/N-ethyl adjacent to an activating group) is 2. The maximum Gasteiger partial charge on any atom is 0.410 e. The third-order valence-electron chi connectivity index (χ3n) is 12.3. The number of anilines is 1. The SMILES string of the molecule is C=CC(CC)C(C)C(=O)NN[C@H](C(=O)N[C@@H](CCCNC(N)=O)C(=O)Nc1ccc(COC(=O)N(C)[C@H](C(=O)N[C@H](C(=O)N(C)[C@@H]([C@@H](C)CC)[C@@H](CC(N)=O)OC)C(C)C)C(C)C)cc1)C(C)C. The number of benzene rings is 1. The molecule has 1 aromatic rings. The number of nitrogens with one attached hydrogen (secondary N) is 6. The molecule has 0 heterocycles. The fourth-order valence-corrected chi connectivity index (χ4v) is 7.86. The van der Waals surface area contributed by atoms with Crippen molar-refractivity contribution in [3.8, 4) is 0 Å². The maximum absolute atomic E-state index is 14.1. The van der Waals surface area contributed by atoms with Crippen molar-refractivity contribution in [3.05, 3.63) is 42.5 Å². The Labute approximate surface area is 403 Å². The highest BCUT2D eigenvalue weighted by atomic mass is 16.6. The number of nitrogens with two attached hydrogens (primary N) is 2. The summed E-state index contributed by atoms with van der Waals surface area (Å²) in [5, 5.41) is 10.9. The van der Waals surface area contributed by atoms with E-state index in [0.29, 0.717) is 30.5 Å². The van der Waals surface area contributed by atoms with Crippen LogP contribution in [-0.2, 0) is 44.8 Å². The van der Waals surface area contributed by atoms with Gasteiger partial charge < -0.3 is 47.1 Å². The molecule has 1 rings (SSSR count). The van der Waals surface area contributed by atoms with E-state index in [9.17, 15) is 38.4 Å². The summed E-state index contributed by atoms with van der Waals surface area (Å²) in [6, 6.07) is 1.29. The number of hydrogen-bond acceptors (Lipinski definition) is 11. The standard InChI is InChI=1S/C48H82N10O10/c1-15-30(10)41(36(67-14)25-37(49)59)57(12)46(64)39(28(6)7)54-45(63)40(29(8)9)58(13)48(66)68-26-32-20-22-34(23-21-32)52-43(61)35(19-18-24-51-47(50)65)53-44(62)38(27(4)5)55-56-42(60)31(11)33(16-2)17-3/h16,20-23,27-31,33,35-36,38-41,55H,2,15,17-19,24-26H2,1,3-14H3,(H2,49,59)(H,52,61)(H,53,62)(H,54,63)(H,56,60)(H3,50,51,65)/t30-,31?,33?,35-,36+,38-,39-,40-,41-/m0/s1. The topological polar surface area (TPSA) is 286 Å². The zero-order chi connectivity index (χ0) is 52.0. The highest BCUT2D eigenvalue weighted by molar-refractivity contribution is 5.98. The van der Waals surface area contributed by atoms with Crippen LogP contribution in [0.4, 0.5) is 15.3 Å². The molecule has 9 amide bonds. The first kappa shape index (κ1) is 60.3. The molecule has 9 atom stereocenters. The van der Waals surface area contributed by atoms with Crippen molar-refractivity contribution >= 4 is 53.3 Å². The van der Waals surface area contributed by atoms with Crippen LogP contribution in [0.25, 0.3) is 0 Å². The average molecular weight is 959 g/mol. The first-order chi connectivity index (χ1) is 31.9. The number of hydrogen-bond donors (Lipinski definition) is 8. The number of methoxy groups -OCH3 is 1. The van der Waals surface area contributed by atoms with Crippen molar-refractivity contribution in [1.82, 2.24) is 36.6 Å². The summed E-state index contributed by atoms with van der Waals surface area (Å²) < 4.78 is 11.2. The lowest BCUT2D eigenvalue weighted by atomic mass is 9.89. The number of rotatable bonds is 30. The van der Waals surface area contributed by atoms with E-state index >= 15 is 0 Å². The Morgan fingerprint density at radius 3 is 1.85 bits per heavy atom. The number of hydrazine groups is 1. The zero-order valence-electron chi connectivity index (χ0n) is 42.6. The number of ether oxygens (including phenoxy) is 2. The molecule has 0 aliphatic carbocycles. The molecule has 0 aliphatic heterocycles. The van der Waals surface area contributed by atoms with E-state index in [4.69, 9.17) is 20.9 Å². The van der Waals surface area contributed by atoms with Gasteiger partial charge in [0.1, 0.15) is 30.8 Å². The normalized spacial score (nSPS) is 15.3. The molecule has 2 unspecified atom stereocenters. The number of urea groups is 1. The third-order valence-corrected chi connectivity index (χ3v) is 12.3. The molecule has 0 fully saturated rings. The molecule has 0 aliphatic rings. The Morgan fingerprint density at radius 1 is 0.765 bits per heavy atom. The van der Waals surface area contributed by atoms with Crippen molar-refractivity contribution < 1.29 is 47.8 Å². The van der Waals surface area contributed by atoms with Crippen molar-refractivity contribution in [3.63, 3.8) is 0 Å². The molecule has 20 nitrogen and oxygen atoms in total. The van der Waals surface area contributed by atoms with Gasteiger partial charge in [0.25, 0.3) is 0 Å². The lowest BCUT2D eigenvalue weighted by Gasteiger charge is -2.40. The second-order valence-corrected chi connectivity index (χ2v) is 18.5. The van der Waals surface area contributed by atoms with Gasteiger partial charge in [-0.25, -0.2) is 15.0 Å². The summed E-state index contributed by atoms with van der Waals surface area (Å²) in [4.78, 5) is 107. The van der Waals surface area contributed by atoms with Crippen LogP contribution in [0.1, 0.15) is 107 Å². The summed E-state index contributed by atoms with van der Waals surface area (Å²) in [5.74, 6) is -4.43. The molecule has 68 heavy (non-hydrogen) atoms. The van der Waals surface area contributed by atoms with Gasteiger partial charge in [-0.3, -0.25) is 39.1 Å². The van der Waals surface area contributed by atoms with Crippen molar-refractivity contribution in [2.45, 2.75) is 144 Å². The molecular weight excluding hydrogens is 877 g/mol. The minimum Gasteiger partial charge on any atom is -0.445 e. The van der Waals surface area contributed by atoms with Gasteiger partial charge in [0.2, 0.25) is 35.4 Å². The predicted molar refractivity (Wildman–Crippen MR) is 261 cm³/mol. The second kappa shape index (κ2) is 29.9. The number of amides is 9. The molecule has 0 radical (unpaired) electrons. The highest BCUT2D eigenvalue weighted by Gasteiger charge is 2.40. The van der Waals surface area contributed by atoms with Gasteiger partial charge in [0.15, 0.2) is 0 Å². The van der Waals surface area contributed by atoms with Crippen LogP contribution in [0, 0.1) is 35.5 Å². The Balaban J connectivity index is 3.13. The number of nitrogens with zero attached hydrogens (tertiary/aromatic N) is 2. The number of carbonyl (C=O) groups is 8. The zero-order valence-corrected chi connectivity index (χ0v) is 42.6. The van der Waals surface area contributed by atoms with Crippen molar-refractivity contribution in [2.24, 2.45) is 47.0 Å². The van der Waals surface area contributed by atoms with Crippen LogP contribution in [0.5, 0.6) is 0 Å². The lowest BCUT2D eigenvalue weighted by Crippen LogP contribution is -2.60. The lowest BCUT2D eigenvalue weighted by molar-refractivity contribution is -0.144. The fourth-order valence-electron chi connectivity index (χ4n) is 7.86. The number of primary amides is 2. The van der Waals surface area contributed by atoms with Gasteiger partial charge >= 0.3 is 12.1 Å². The smallest absolute Gasteiger partial charge is 0.410 e. The molecule has 20 heteroatoms. The molecule has 10 N–H and O–H groups in total. The molecule has 0 saturated carbocycles. The van der Waals surface area contributed by atoms with Crippen LogP contribution < -0.4 is 43.6 Å². The summed E-state index contributed by atoms with van der Waals surface area (Å²) in [6.07, 6.45) is 2.01. The minimum atomic E-state index is -1.05. The average Bonchev–Trinajstić information content (AvgIpc) is 3.27. The van der Waals surface area contributed by atoms with Gasteiger partial charge in [0, 0.05) is 39.4 Å². The molecule has 0 spiro atoms. The Morgan fingerprint density at radius 2 is 1.37 bits per heavy atom. The number of allylic oxidation sites excluding steroid dienone is 1. The maximum atomic E-state index is 14.1. The van der Waals surface area contributed by atoms with Crippen LogP contribution >= 0.6 is 0 Å². The van der Waals surface area contributed by atoms with E-state index in [1.165, 1.54) is 24.0 Å². The fraction of sp³-hybridized carbons (Fsp3) is 0.667. The van der Waals surface area contributed by atoms with Gasteiger partial charge in [-0.15, -0.1) is 6.58 Å². The summed E-state index contributed by atoms with van der Waals surface area (Å²) in [5.41, 5.74) is 17.1. The number of carbonyl (C=O) groups excluding carboxylic acids is 8. The minimum absolute atomic E-state index is 0.0568. The van der Waals surface area contributed by atoms with Crippen LogP contribution in [0.3, 0.4) is 0 Å². The Hall–Kier alpha value is -5.76. The van der Waals surface area contributed by atoms with Gasteiger partial charge in [-0.2, -0.15) is 0 Å². The predicted octanol–water partition coefficient (Wildman–Crippen LogP) is 3.55. The summed E-state index contributed by atoms with van der Waals surface area (Å²) in [6.45, 7) is 22.1. The summed E-state index contributed by atoms with van der Waals surface area (Å²) >= 11 is 0. The van der Waals surface area contributed by atoms with Crippen molar-refractivity contribution in [2.75, 3.05) is 33.1 Å². The van der Waals surface area contributed by atoms with E-state index < -0.39 is 78.0 Å². The monoisotopic (exact) mass is 959 g/mol.